The van der Waals surface area contributed by atoms with Crippen molar-refractivity contribution in [1.29, 1.82) is 0 Å². The first-order chi connectivity index (χ1) is 19.5. The Labute approximate surface area is 232 Å². The molecule has 2 bridgehead atoms. The second-order valence-electron chi connectivity index (χ2n) is 12.0. The normalized spacial score (nSPS) is 25.2. The molecule has 8 nitrogen and oxygen atoms in total. The van der Waals surface area contributed by atoms with Crippen LogP contribution in [0.4, 0.5) is 22.0 Å². The number of hydrogen-bond acceptors (Lipinski definition) is 7. The summed E-state index contributed by atoms with van der Waals surface area (Å²) in [5.41, 5.74) is 13.6. The average molecular weight is 537 g/mol. The molecule has 3 N–H and O–H groups in total. The Hall–Kier alpha value is -3.85. The number of aryl methyl sites for hydroxylation is 4. The van der Waals surface area contributed by atoms with Gasteiger partial charge >= 0.3 is 0 Å². The molecule has 1 atom stereocenters. The summed E-state index contributed by atoms with van der Waals surface area (Å²) < 4.78 is 16.1. The molecule has 9 rings (SSSR count). The summed E-state index contributed by atoms with van der Waals surface area (Å²) in [6.07, 6.45) is 8.68. The van der Waals surface area contributed by atoms with Crippen LogP contribution in [-0.4, -0.2) is 54.2 Å². The molecule has 0 radical (unpaired) electrons. The zero-order chi connectivity index (χ0) is 26.8. The maximum atomic E-state index is 14.5. The molecule has 4 aromatic rings. The fourth-order valence-electron chi connectivity index (χ4n) is 7.39. The highest BCUT2D eigenvalue weighted by Crippen LogP contribution is 2.49. The lowest BCUT2D eigenvalue weighted by molar-refractivity contribution is 0.102. The molecule has 4 heterocycles. The number of anilines is 3. The summed E-state index contributed by atoms with van der Waals surface area (Å²) in [7, 11) is 0. The lowest BCUT2D eigenvalue weighted by Gasteiger charge is -2.33. The van der Waals surface area contributed by atoms with Crippen molar-refractivity contribution in [2.75, 3.05) is 17.6 Å². The smallest absolute Gasteiger partial charge is 0.248 e. The molecule has 2 aliphatic heterocycles. The topological polar surface area (TPSA) is 97.8 Å². The summed E-state index contributed by atoms with van der Waals surface area (Å²) in [6.45, 7) is 0.628. The van der Waals surface area contributed by atoms with Gasteiger partial charge in [0.1, 0.15) is 5.67 Å². The molecule has 2 aromatic heterocycles. The van der Waals surface area contributed by atoms with Crippen LogP contribution in [0.25, 0.3) is 17.1 Å². The Morgan fingerprint density at radius 2 is 1.70 bits per heavy atom. The van der Waals surface area contributed by atoms with Gasteiger partial charge in [0.15, 0.2) is 5.82 Å². The van der Waals surface area contributed by atoms with E-state index in [4.69, 9.17) is 5.73 Å². The molecular formula is C31H33FN8. The molecule has 5 aliphatic rings. The van der Waals surface area contributed by atoms with Crippen LogP contribution in [0.2, 0.25) is 0 Å². The predicted molar refractivity (Wildman–Crippen MR) is 153 cm³/mol. The van der Waals surface area contributed by atoms with Gasteiger partial charge in [-0.3, -0.25) is 4.90 Å². The lowest BCUT2D eigenvalue weighted by atomic mass is 9.83. The number of fused-ring (bicyclic) bond motifs is 5. The first-order valence-electron chi connectivity index (χ1n) is 14.5. The molecule has 204 valence electrons. The standard InChI is InChI=1S/C31H33FN8/c32-31-16-25(17-31)39(18-31)24-12-9-19-8-11-23(14-21(19)10-13-24)34-30-35-29(33)40(38-30)27-15-22-6-3-5-20-4-1-2-7-26(20)28(22)37-36-27/h1-2,4,7-8,11,14-15,24-25H,3,5-6,9-10,12-13,16-18H2,(H3,33,34,35,38)/t24-,25?,31?/m1/s1. The molecule has 40 heavy (non-hydrogen) atoms. The van der Waals surface area contributed by atoms with E-state index in [9.17, 15) is 4.39 Å². The number of alkyl halides is 1. The van der Waals surface area contributed by atoms with Gasteiger partial charge in [-0.15, -0.1) is 15.3 Å². The summed E-state index contributed by atoms with van der Waals surface area (Å²) in [4.78, 5) is 6.92. The third-order valence-corrected chi connectivity index (χ3v) is 9.44. The summed E-state index contributed by atoms with van der Waals surface area (Å²) >= 11 is 0. The van der Waals surface area contributed by atoms with E-state index in [1.807, 2.05) is 12.1 Å². The molecule has 0 unspecified atom stereocenters. The van der Waals surface area contributed by atoms with Crippen molar-refractivity contribution in [2.24, 2.45) is 0 Å². The van der Waals surface area contributed by atoms with Gasteiger partial charge in [-0.1, -0.05) is 30.3 Å². The van der Waals surface area contributed by atoms with Crippen molar-refractivity contribution < 1.29 is 4.39 Å². The van der Waals surface area contributed by atoms with E-state index in [0.29, 0.717) is 30.4 Å². The molecule has 9 heteroatoms. The van der Waals surface area contributed by atoms with Crippen molar-refractivity contribution in [3.05, 3.63) is 70.8 Å². The molecule has 0 spiro atoms. The molecule has 1 saturated carbocycles. The number of halogens is 1. The highest BCUT2D eigenvalue weighted by atomic mass is 19.1. The number of nitrogen functional groups attached to an aromatic ring is 1. The number of nitrogens with one attached hydrogen (secondary N) is 1. The Kier molecular flexibility index (Phi) is 5.45. The number of nitrogens with zero attached hydrogens (tertiary/aromatic N) is 6. The number of aromatic nitrogens is 5. The first-order valence-corrected chi connectivity index (χ1v) is 14.5. The molecular weight excluding hydrogens is 503 g/mol. The quantitative estimate of drug-likeness (QED) is 0.355. The minimum atomic E-state index is -0.908. The van der Waals surface area contributed by atoms with Crippen LogP contribution in [-0.2, 0) is 25.7 Å². The van der Waals surface area contributed by atoms with Gasteiger partial charge in [0.05, 0.1) is 5.69 Å². The van der Waals surface area contributed by atoms with Gasteiger partial charge in [-0.25, -0.2) is 4.39 Å². The van der Waals surface area contributed by atoms with Crippen LogP contribution in [0, 0.1) is 0 Å². The predicted octanol–water partition coefficient (Wildman–Crippen LogP) is 4.97. The van der Waals surface area contributed by atoms with Crippen LogP contribution < -0.4 is 11.1 Å². The van der Waals surface area contributed by atoms with E-state index in [2.05, 4.69) is 66.9 Å². The molecule has 2 saturated heterocycles. The number of hydrogen-bond donors (Lipinski definition) is 2. The van der Waals surface area contributed by atoms with Gasteiger partial charge in [0.25, 0.3) is 0 Å². The zero-order valence-corrected chi connectivity index (χ0v) is 22.5. The Morgan fingerprint density at radius 3 is 2.55 bits per heavy atom. The monoisotopic (exact) mass is 536 g/mol. The van der Waals surface area contributed by atoms with Crippen LogP contribution in [0.3, 0.4) is 0 Å². The van der Waals surface area contributed by atoms with Crippen molar-refractivity contribution in [3.8, 4) is 17.1 Å². The number of rotatable bonds is 4. The number of benzene rings is 2. The zero-order valence-electron chi connectivity index (χ0n) is 22.5. The fraction of sp³-hybridized carbons (Fsp3) is 0.419. The second kappa shape index (κ2) is 9.09. The summed E-state index contributed by atoms with van der Waals surface area (Å²) in [5, 5.41) is 17.1. The van der Waals surface area contributed by atoms with E-state index >= 15 is 0 Å². The number of nitrogens with two attached hydrogens (primary N) is 1. The van der Waals surface area contributed by atoms with E-state index < -0.39 is 5.67 Å². The van der Waals surface area contributed by atoms with E-state index in [1.54, 1.807) is 4.68 Å². The largest absolute Gasteiger partial charge is 0.368 e. The minimum Gasteiger partial charge on any atom is -0.368 e. The van der Waals surface area contributed by atoms with Crippen molar-refractivity contribution in [3.63, 3.8) is 0 Å². The third kappa shape index (κ3) is 4.06. The minimum absolute atomic E-state index is 0.262. The van der Waals surface area contributed by atoms with E-state index in [-0.39, 0.29) is 5.95 Å². The maximum Gasteiger partial charge on any atom is 0.248 e. The Balaban J connectivity index is 1.00. The summed E-state index contributed by atoms with van der Waals surface area (Å²) in [6, 6.07) is 17.9. The molecule has 2 aromatic carbocycles. The van der Waals surface area contributed by atoms with Gasteiger partial charge in [0.2, 0.25) is 11.9 Å². The van der Waals surface area contributed by atoms with Crippen molar-refractivity contribution >= 4 is 17.6 Å². The fourth-order valence-corrected chi connectivity index (χ4v) is 7.39. The van der Waals surface area contributed by atoms with Gasteiger partial charge < -0.3 is 11.1 Å². The second-order valence-corrected chi connectivity index (χ2v) is 12.0. The van der Waals surface area contributed by atoms with E-state index in [1.165, 1.54) is 16.7 Å². The molecule has 3 fully saturated rings. The first kappa shape index (κ1) is 24.0. The van der Waals surface area contributed by atoms with Gasteiger partial charge in [-0.2, -0.15) is 9.67 Å². The van der Waals surface area contributed by atoms with Gasteiger partial charge in [-0.05, 0) is 98.2 Å². The highest BCUT2D eigenvalue weighted by molar-refractivity contribution is 5.68. The lowest BCUT2D eigenvalue weighted by Crippen LogP contribution is -2.39. The molecule has 3 aliphatic carbocycles. The maximum absolute atomic E-state index is 14.5. The molecule has 0 amide bonds. The SMILES string of the molecule is Nc1nc(Nc2ccc3c(c2)CC[C@H](N2CC4(F)CC2C4)CC3)nn1-c1cc2c(nn1)-c1ccccc1CCC2. The third-order valence-electron chi connectivity index (χ3n) is 9.44. The van der Waals surface area contributed by atoms with Gasteiger partial charge in [0, 0.05) is 29.9 Å². The van der Waals surface area contributed by atoms with Crippen LogP contribution in [0.15, 0.2) is 48.5 Å². The van der Waals surface area contributed by atoms with Crippen LogP contribution in [0.1, 0.15) is 54.4 Å². The average Bonchev–Trinajstić information content (AvgIpc) is 3.47. The van der Waals surface area contributed by atoms with Crippen LogP contribution >= 0.6 is 0 Å². The Bertz CT molecular complexity index is 1610. The van der Waals surface area contributed by atoms with Crippen molar-refractivity contribution in [2.45, 2.75) is 75.5 Å². The van der Waals surface area contributed by atoms with Crippen LogP contribution in [0.5, 0.6) is 0 Å². The van der Waals surface area contributed by atoms with Crippen molar-refractivity contribution in [1.82, 2.24) is 29.9 Å². The summed E-state index contributed by atoms with van der Waals surface area (Å²) in [5.74, 6) is 1.26. The highest BCUT2D eigenvalue weighted by Gasteiger charge is 2.57. The Morgan fingerprint density at radius 1 is 0.875 bits per heavy atom. The van der Waals surface area contributed by atoms with E-state index in [0.717, 1.165) is 80.3 Å².